The summed E-state index contributed by atoms with van der Waals surface area (Å²) in [6.45, 7) is 1.16. The number of aliphatic hydroxyl groups excluding tert-OH is 1. The third-order valence-electron chi connectivity index (χ3n) is 3.44. The maximum Gasteiger partial charge on any atom is 0.211 e. The Labute approximate surface area is 112 Å². The number of aliphatic hydroxyl groups is 1. The van der Waals surface area contributed by atoms with Crippen LogP contribution < -0.4 is 0 Å². The summed E-state index contributed by atoms with van der Waals surface area (Å²) in [5.41, 5.74) is 0.941. The van der Waals surface area contributed by atoms with Crippen LogP contribution in [0.3, 0.4) is 0 Å². The van der Waals surface area contributed by atoms with Crippen LogP contribution in [0.2, 0.25) is 0 Å². The Morgan fingerprint density at radius 1 is 1.61 bits per heavy atom. The molecule has 4 nitrogen and oxygen atoms in total. The predicted molar refractivity (Wildman–Crippen MR) is 73.0 cm³/mol. The third-order valence-corrected chi connectivity index (χ3v) is 5.41. The molecule has 1 aliphatic rings. The molecule has 0 spiro atoms. The number of rotatable bonds is 4. The van der Waals surface area contributed by atoms with Gasteiger partial charge in [-0.2, -0.15) is 11.3 Å². The molecule has 2 heterocycles. The van der Waals surface area contributed by atoms with E-state index >= 15 is 0 Å². The highest BCUT2D eigenvalue weighted by Gasteiger charge is 2.27. The summed E-state index contributed by atoms with van der Waals surface area (Å²) in [7, 11) is -3.09. The van der Waals surface area contributed by atoms with E-state index in [0.29, 0.717) is 19.5 Å². The molecule has 1 fully saturated rings. The fraction of sp³-hybridized carbons (Fsp3) is 0.667. The Balaban J connectivity index is 1.94. The fourth-order valence-corrected chi connectivity index (χ4v) is 4.09. The number of piperidine rings is 1. The average molecular weight is 289 g/mol. The molecule has 102 valence electrons. The molecule has 0 saturated carbocycles. The lowest BCUT2D eigenvalue weighted by atomic mass is 9.92. The van der Waals surface area contributed by atoms with Crippen LogP contribution in [-0.2, 0) is 10.0 Å². The summed E-state index contributed by atoms with van der Waals surface area (Å²) in [5, 5.41) is 14.0. The molecule has 1 aliphatic heterocycles. The number of sulfonamides is 1. The molecular weight excluding hydrogens is 270 g/mol. The second-order valence-corrected chi connectivity index (χ2v) is 7.70. The maximum atomic E-state index is 11.5. The van der Waals surface area contributed by atoms with Gasteiger partial charge in [0.1, 0.15) is 0 Å². The van der Waals surface area contributed by atoms with Gasteiger partial charge in [0.25, 0.3) is 0 Å². The molecule has 6 heteroatoms. The highest BCUT2D eigenvalue weighted by atomic mass is 32.2. The Morgan fingerprint density at radius 2 is 2.39 bits per heavy atom. The monoisotopic (exact) mass is 289 g/mol. The van der Waals surface area contributed by atoms with Crippen LogP contribution in [0.15, 0.2) is 16.8 Å². The molecule has 1 saturated heterocycles. The first kappa shape index (κ1) is 14.0. The van der Waals surface area contributed by atoms with E-state index in [-0.39, 0.29) is 5.92 Å². The topological polar surface area (TPSA) is 57.6 Å². The molecule has 1 aromatic rings. The molecule has 1 N–H and O–H groups in total. The molecule has 0 bridgehead atoms. The minimum absolute atomic E-state index is 0.253. The lowest BCUT2D eigenvalue weighted by Gasteiger charge is -2.31. The molecular formula is C12H19NO3S2. The molecule has 2 rings (SSSR count). The van der Waals surface area contributed by atoms with E-state index < -0.39 is 16.1 Å². The van der Waals surface area contributed by atoms with Crippen LogP contribution in [0, 0.1) is 5.92 Å². The normalized spacial score (nSPS) is 24.0. The highest BCUT2D eigenvalue weighted by molar-refractivity contribution is 7.88. The summed E-state index contributed by atoms with van der Waals surface area (Å²) in [6, 6.07) is 1.92. The van der Waals surface area contributed by atoms with Gasteiger partial charge >= 0.3 is 0 Å². The fourth-order valence-electron chi connectivity index (χ4n) is 2.44. The van der Waals surface area contributed by atoms with Crippen molar-refractivity contribution in [3.05, 3.63) is 22.4 Å². The van der Waals surface area contributed by atoms with Crippen molar-refractivity contribution in [1.29, 1.82) is 0 Å². The molecule has 2 atom stereocenters. The quantitative estimate of drug-likeness (QED) is 0.920. The van der Waals surface area contributed by atoms with E-state index in [9.17, 15) is 13.5 Å². The first-order valence-corrected chi connectivity index (χ1v) is 8.91. The van der Waals surface area contributed by atoms with Crippen LogP contribution in [0.5, 0.6) is 0 Å². The number of nitrogens with zero attached hydrogens (tertiary/aromatic N) is 1. The summed E-state index contributed by atoms with van der Waals surface area (Å²) in [5.74, 6) is 0.253. The van der Waals surface area contributed by atoms with Gasteiger partial charge < -0.3 is 5.11 Å². The van der Waals surface area contributed by atoms with E-state index in [1.54, 1.807) is 11.3 Å². The van der Waals surface area contributed by atoms with Crippen LogP contribution in [-0.4, -0.2) is 37.2 Å². The number of hydrogen-bond donors (Lipinski definition) is 1. The van der Waals surface area contributed by atoms with Gasteiger partial charge in [0, 0.05) is 13.1 Å². The van der Waals surface area contributed by atoms with Gasteiger partial charge in [-0.1, -0.05) is 0 Å². The Bertz CT molecular complexity index is 470. The second kappa shape index (κ2) is 5.69. The van der Waals surface area contributed by atoms with Crippen molar-refractivity contribution in [2.24, 2.45) is 5.92 Å². The third kappa shape index (κ3) is 3.54. The summed E-state index contributed by atoms with van der Waals surface area (Å²) in [4.78, 5) is 0. The van der Waals surface area contributed by atoms with Crippen molar-refractivity contribution in [2.75, 3.05) is 19.3 Å². The van der Waals surface area contributed by atoms with Crippen molar-refractivity contribution in [3.63, 3.8) is 0 Å². The lowest BCUT2D eigenvalue weighted by Crippen LogP contribution is -2.39. The van der Waals surface area contributed by atoms with Gasteiger partial charge in [-0.15, -0.1) is 0 Å². The van der Waals surface area contributed by atoms with Gasteiger partial charge in [0.15, 0.2) is 0 Å². The van der Waals surface area contributed by atoms with Crippen LogP contribution >= 0.6 is 11.3 Å². The summed E-state index contributed by atoms with van der Waals surface area (Å²) >= 11 is 1.57. The van der Waals surface area contributed by atoms with E-state index in [2.05, 4.69) is 0 Å². The number of hydrogen-bond acceptors (Lipinski definition) is 4. The van der Waals surface area contributed by atoms with E-state index in [1.807, 2.05) is 16.8 Å². The van der Waals surface area contributed by atoms with Crippen molar-refractivity contribution in [1.82, 2.24) is 4.31 Å². The molecule has 0 aliphatic carbocycles. The lowest BCUT2D eigenvalue weighted by molar-refractivity contribution is 0.123. The molecule has 2 unspecified atom stereocenters. The van der Waals surface area contributed by atoms with Gasteiger partial charge in [-0.3, -0.25) is 0 Å². The SMILES string of the molecule is CS(=O)(=O)N1CCCC(CC(O)c2ccsc2)C1. The first-order chi connectivity index (χ1) is 8.47. The maximum absolute atomic E-state index is 11.5. The average Bonchev–Trinajstić information content (AvgIpc) is 2.81. The minimum Gasteiger partial charge on any atom is -0.388 e. The van der Waals surface area contributed by atoms with E-state index in [0.717, 1.165) is 18.4 Å². The van der Waals surface area contributed by atoms with Gasteiger partial charge in [0.2, 0.25) is 10.0 Å². The van der Waals surface area contributed by atoms with Crippen molar-refractivity contribution in [3.8, 4) is 0 Å². The van der Waals surface area contributed by atoms with E-state index in [1.165, 1.54) is 10.6 Å². The summed E-state index contributed by atoms with van der Waals surface area (Å²) in [6.07, 6.45) is 3.30. The molecule has 0 radical (unpaired) electrons. The zero-order valence-corrected chi connectivity index (χ0v) is 12.1. The van der Waals surface area contributed by atoms with Crippen LogP contribution in [0.4, 0.5) is 0 Å². The number of thiophene rings is 1. The molecule has 1 aromatic heterocycles. The van der Waals surface area contributed by atoms with Crippen LogP contribution in [0.25, 0.3) is 0 Å². The van der Waals surface area contributed by atoms with Crippen molar-refractivity contribution >= 4 is 21.4 Å². The molecule has 0 amide bonds. The molecule has 0 aromatic carbocycles. The highest BCUT2D eigenvalue weighted by Crippen LogP contribution is 2.29. The Kier molecular flexibility index (Phi) is 4.42. The molecule has 18 heavy (non-hydrogen) atoms. The smallest absolute Gasteiger partial charge is 0.211 e. The van der Waals surface area contributed by atoms with Gasteiger partial charge in [-0.05, 0) is 47.6 Å². The van der Waals surface area contributed by atoms with Gasteiger partial charge in [0.05, 0.1) is 12.4 Å². The second-order valence-electron chi connectivity index (χ2n) is 4.94. The Hall–Kier alpha value is -0.430. The van der Waals surface area contributed by atoms with Crippen molar-refractivity contribution < 1.29 is 13.5 Å². The standard InChI is InChI=1S/C12H19NO3S2/c1-18(15,16)13-5-2-3-10(8-13)7-12(14)11-4-6-17-9-11/h4,6,9-10,12,14H,2-3,5,7-8H2,1H3. The van der Waals surface area contributed by atoms with Crippen LogP contribution in [0.1, 0.15) is 30.9 Å². The first-order valence-electron chi connectivity index (χ1n) is 6.12. The van der Waals surface area contributed by atoms with Gasteiger partial charge in [-0.25, -0.2) is 12.7 Å². The minimum atomic E-state index is -3.09. The predicted octanol–water partition coefficient (Wildman–Crippen LogP) is 1.84. The summed E-state index contributed by atoms with van der Waals surface area (Å²) < 4.78 is 24.6. The Morgan fingerprint density at radius 3 is 3.00 bits per heavy atom. The zero-order valence-electron chi connectivity index (χ0n) is 10.4. The van der Waals surface area contributed by atoms with E-state index in [4.69, 9.17) is 0 Å². The zero-order chi connectivity index (χ0) is 13.2. The largest absolute Gasteiger partial charge is 0.388 e. The van der Waals surface area contributed by atoms with Crippen molar-refractivity contribution in [2.45, 2.75) is 25.4 Å².